The number of hydrogen-bond donors (Lipinski definition) is 1. The fourth-order valence-electron chi connectivity index (χ4n) is 1.01. The van der Waals surface area contributed by atoms with Crippen molar-refractivity contribution in [2.75, 3.05) is 6.61 Å². The molecule has 2 unspecified atom stereocenters. The predicted molar refractivity (Wildman–Crippen MR) is 34.7 cm³/mol. The van der Waals surface area contributed by atoms with Gasteiger partial charge < -0.3 is 14.4 Å². The number of hydrogen-bond acceptors (Lipinski definition) is 5. The van der Waals surface area contributed by atoms with E-state index in [2.05, 4.69) is 0 Å². The first-order valence-corrected chi connectivity index (χ1v) is 4.73. The molecule has 0 spiro atoms. The van der Waals surface area contributed by atoms with Crippen LogP contribution in [0.5, 0.6) is 0 Å². The second kappa shape index (κ2) is 4.90. The molecule has 0 bridgehead atoms. The van der Waals surface area contributed by atoms with E-state index in [1.807, 2.05) is 0 Å². The van der Waals surface area contributed by atoms with Crippen LogP contribution in [0.4, 0.5) is 0 Å². The summed E-state index contributed by atoms with van der Waals surface area (Å²) in [5, 5.41) is 8.86. The molecule has 12 heavy (non-hydrogen) atoms. The zero-order valence-electron chi connectivity index (χ0n) is 6.76. The summed E-state index contributed by atoms with van der Waals surface area (Å²) >= 11 is 0. The second-order valence-electron chi connectivity index (χ2n) is 2.43. The molecular weight excluding hydrogens is 195 g/mol. The number of aliphatic hydroxyl groups is 1. The molecule has 0 radical (unpaired) electrons. The van der Waals surface area contributed by atoms with Crippen molar-refractivity contribution in [3.8, 4) is 0 Å². The average molecular weight is 204 g/mol. The van der Waals surface area contributed by atoms with Gasteiger partial charge >= 0.3 is 29.6 Å². The standard InChI is InChI=1S/C5H10O5S.Na/c6-5(11(7,8)9)4-2-1-3-10-4;/h4-6H,1-3H2,(H,7,8,9);/q;+1/p-1. The summed E-state index contributed by atoms with van der Waals surface area (Å²) < 4.78 is 35.5. The summed E-state index contributed by atoms with van der Waals surface area (Å²) in [6, 6.07) is 0. The molecular formula is C5H9NaO5S. The predicted octanol–water partition coefficient (Wildman–Crippen LogP) is -3.97. The number of ether oxygens (including phenoxy) is 1. The molecule has 0 aromatic heterocycles. The van der Waals surface area contributed by atoms with Crippen molar-refractivity contribution in [3.05, 3.63) is 0 Å². The third kappa shape index (κ3) is 3.29. The van der Waals surface area contributed by atoms with Crippen molar-refractivity contribution in [1.82, 2.24) is 0 Å². The topological polar surface area (TPSA) is 86.7 Å². The van der Waals surface area contributed by atoms with Gasteiger partial charge in [-0.1, -0.05) is 0 Å². The van der Waals surface area contributed by atoms with Gasteiger partial charge in [0.05, 0.1) is 6.10 Å². The van der Waals surface area contributed by atoms with E-state index < -0.39 is 21.7 Å². The molecule has 5 nitrogen and oxygen atoms in total. The van der Waals surface area contributed by atoms with E-state index in [0.717, 1.165) is 0 Å². The molecule has 0 aliphatic carbocycles. The Morgan fingerprint density at radius 1 is 1.58 bits per heavy atom. The third-order valence-electron chi connectivity index (χ3n) is 1.58. The minimum Gasteiger partial charge on any atom is -0.746 e. The van der Waals surface area contributed by atoms with Crippen LogP contribution in [0.1, 0.15) is 12.8 Å². The summed E-state index contributed by atoms with van der Waals surface area (Å²) in [7, 11) is -4.61. The van der Waals surface area contributed by atoms with Gasteiger partial charge in [0.2, 0.25) is 0 Å². The van der Waals surface area contributed by atoms with Crippen molar-refractivity contribution in [3.63, 3.8) is 0 Å². The summed E-state index contributed by atoms with van der Waals surface area (Å²) in [4.78, 5) is 0. The molecule has 0 saturated carbocycles. The molecule has 0 amide bonds. The van der Waals surface area contributed by atoms with Crippen LogP contribution in [-0.4, -0.2) is 36.2 Å². The van der Waals surface area contributed by atoms with Crippen LogP contribution in [-0.2, 0) is 14.9 Å². The van der Waals surface area contributed by atoms with Gasteiger partial charge in [0, 0.05) is 6.61 Å². The molecule has 7 heteroatoms. The summed E-state index contributed by atoms with van der Waals surface area (Å²) in [5.41, 5.74) is -1.90. The van der Waals surface area contributed by atoms with Crippen LogP contribution in [0.25, 0.3) is 0 Å². The Kier molecular flexibility index (Phi) is 5.24. The van der Waals surface area contributed by atoms with Crippen LogP contribution in [0, 0.1) is 0 Å². The zero-order valence-corrected chi connectivity index (χ0v) is 9.58. The minimum atomic E-state index is -4.61. The smallest absolute Gasteiger partial charge is 0.746 e. The van der Waals surface area contributed by atoms with Crippen LogP contribution in [0.3, 0.4) is 0 Å². The molecule has 0 aromatic carbocycles. The van der Waals surface area contributed by atoms with E-state index in [4.69, 9.17) is 9.84 Å². The van der Waals surface area contributed by atoms with E-state index in [-0.39, 0.29) is 29.6 Å². The molecule has 66 valence electrons. The van der Waals surface area contributed by atoms with Crippen molar-refractivity contribution in [1.29, 1.82) is 0 Å². The number of aliphatic hydroxyl groups excluding tert-OH is 1. The van der Waals surface area contributed by atoms with Gasteiger partial charge in [-0.15, -0.1) is 0 Å². The van der Waals surface area contributed by atoms with E-state index in [1.54, 1.807) is 0 Å². The van der Waals surface area contributed by atoms with Gasteiger partial charge in [-0.2, -0.15) is 0 Å². The van der Waals surface area contributed by atoms with Gasteiger partial charge in [-0.3, -0.25) is 0 Å². The Morgan fingerprint density at radius 2 is 2.17 bits per heavy atom. The summed E-state index contributed by atoms with van der Waals surface area (Å²) in [6.45, 7) is 0.414. The molecule has 1 rings (SSSR count). The zero-order chi connectivity index (χ0) is 8.48. The van der Waals surface area contributed by atoms with Crippen LogP contribution in [0.15, 0.2) is 0 Å². The summed E-state index contributed by atoms with van der Waals surface area (Å²) in [6.07, 6.45) is 0.303. The monoisotopic (exact) mass is 204 g/mol. The first kappa shape index (κ1) is 12.8. The van der Waals surface area contributed by atoms with Crippen LogP contribution < -0.4 is 29.6 Å². The first-order valence-electron chi connectivity index (χ1n) is 3.26. The average Bonchev–Trinajstić information content (AvgIpc) is 2.34. The number of rotatable bonds is 2. The van der Waals surface area contributed by atoms with Crippen LogP contribution >= 0.6 is 0 Å². The van der Waals surface area contributed by atoms with Gasteiger partial charge in [0.1, 0.15) is 10.1 Å². The van der Waals surface area contributed by atoms with Crippen molar-refractivity contribution in [2.45, 2.75) is 24.4 Å². The van der Waals surface area contributed by atoms with Crippen molar-refractivity contribution >= 4 is 10.1 Å². The Labute approximate surface area is 93.1 Å². The first-order chi connectivity index (χ1) is 5.02. The van der Waals surface area contributed by atoms with Gasteiger partial charge in [0.15, 0.2) is 5.44 Å². The maximum absolute atomic E-state index is 10.2. The Bertz CT molecular complexity index is 220. The van der Waals surface area contributed by atoms with E-state index in [9.17, 15) is 13.0 Å². The fourth-order valence-corrected chi connectivity index (χ4v) is 1.60. The molecule has 1 aliphatic heterocycles. The Balaban J connectivity index is 0.00000121. The molecule has 1 saturated heterocycles. The fraction of sp³-hybridized carbons (Fsp3) is 1.00. The molecule has 1 N–H and O–H groups in total. The second-order valence-corrected chi connectivity index (χ2v) is 3.90. The van der Waals surface area contributed by atoms with Crippen LogP contribution in [0.2, 0.25) is 0 Å². The molecule has 1 heterocycles. The van der Waals surface area contributed by atoms with E-state index in [0.29, 0.717) is 19.4 Å². The Hall–Kier alpha value is 0.830. The molecule has 1 fully saturated rings. The molecule has 0 aromatic rings. The largest absolute Gasteiger partial charge is 1.00 e. The van der Waals surface area contributed by atoms with Gasteiger partial charge in [-0.25, -0.2) is 8.42 Å². The van der Waals surface area contributed by atoms with Crippen molar-refractivity contribution in [2.24, 2.45) is 0 Å². The summed E-state index contributed by atoms with van der Waals surface area (Å²) in [5.74, 6) is 0. The maximum atomic E-state index is 10.2. The maximum Gasteiger partial charge on any atom is 1.00 e. The van der Waals surface area contributed by atoms with Crippen molar-refractivity contribution < 1.29 is 52.4 Å². The van der Waals surface area contributed by atoms with Gasteiger partial charge in [-0.05, 0) is 12.8 Å². The normalized spacial score (nSPS) is 26.3. The minimum absolute atomic E-state index is 0. The third-order valence-corrected chi connectivity index (χ3v) is 2.47. The quantitative estimate of drug-likeness (QED) is 0.366. The van der Waals surface area contributed by atoms with Gasteiger partial charge in [0.25, 0.3) is 0 Å². The van der Waals surface area contributed by atoms with E-state index in [1.165, 1.54) is 0 Å². The SMILES string of the molecule is O=S(=O)([O-])C(O)C1CCCO1.[Na+]. The van der Waals surface area contributed by atoms with E-state index >= 15 is 0 Å². The molecule has 2 atom stereocenters. The Morgan fingerprint density at radius 3 is 2.50 bits per heavy atom. The molecule has 1 aliphatic rings.